The molecule has 5 nitrogen and oxygen atoms in total. The first kappa shape index (κ1) is 14.4. The molecule has 0 fully saturated rings. The first-order chi connectivity index (χ1) is 6.87. The summed E-state index contributed by atoms with van der Waals surface area (Å²) in [5, 5.41) is 8.57. The molecule has 0 aromatic heterocycles. The average molecular weight is 233 g/mol. The van der Waals surface area contributed by atoms with Crippen LogP contribution in [0.1, 0.15) is 27.2 Å². The Morgan fingerprint density at radius 1 is 1.40 bits per heavy atom. The van der Waals surface area contributed by atoms with Crippen molar-refractivity contribution in [2.45, 2.75) is 33.2 Å². The average Bonchev–Trinajstić information content (AvgIpc) is 2.16. The second-order valence-electron chi connectivity index (χ2n) is 3.61. The van der Waals surface area contributed by atoms with Crippen molar-refractivity contribution in [1.29, 1.82) is 5.26 Å². The second-order valence-corrected chi connectivity index (χ2v) is 5.60. The molecule has 0 aromatic rings. The molecule has 0 spiro atoms. The highest BCUT2D eigenvalue weighted by Crippen LogP contribution is 2.09. The standard InChI is InChI=1S/C9H19N3O2S/c1-5-7-12(8-6-10)15(13,14)11(4)9(2)3/h9H,5,7-8H2,1-4H3. The molecule has 0 bridgehead atoms. The fraction of sp³-hybridized carbons (Fsp3) is 0.889. The van der Waals surface area contributed by atoms with Crippen LogP contribution in [0, 0.1) is 11.3 Å². The van der Waals surface area contributed by atoms with Gasteiger partial charge in [-0.1, -0.05) is 6.92 Å². The summed E-state index contributed by atoms with van der Waals surface area (Å²) < 4.78 is 26.4. The topological polar surface area (TPSA) is 64.4 Å². The van der Waals surface area contributed by atoms with E-state index >= 15 is 0 Å². The molecule has 0 aliphatic carbocycles. The van der Waals surface area contributed by atoms with Crippen molar-refractivity contribution in [3.63, 3.8) is 0 Å². The van der Waals surface area contributed by atoms with Gasteiger partial charge in [0.1, 0.15) is 6.54 Å². The monoisotopic (exact) mass is 233 g/mol. The van der Waals surface area contributed by atoms with Crippen LogP contribution in [0.5, 0.6) is 0 Å². The minimum atomic E-state index is -3.48. The summed E-state index contributed by atoms with van der Waals surface area (Å²) in [6.07, 6.45) is 0.701. The SMILES string of the molecule is CCCN(CC#N)S(=O)(=O)N(C)C(C)C. The van der Waals surface area contributed by atoms with Gasteiger partial charge in [0.05, 0.1) is 6.07 Å². The number of nitrogens with zero attached hydrogens (tertiary/aromatic N) is 3. The molecule has 6 heteroatoms. The Hall–Kier alpha value is -0.640. The van der Waals surface area contributed by atoms with E-state index in [-0.39, 0.29) is 12.6 Å². The van der Waals surface area contributed by atoms with Crippen LogP contribution in [0.25, 0.3) is 0 Å². The van der Waals surface area contributed by atoms with Crippen LogP contribution in [0.15, 0.2) is 0 Å². The minimum absolute atomic E-state index is 0.0900. The highest BCUT2D eigenvalue weighted by Gasteiger charge is 2.27. The molecule has 0 atom stereocenters. The van der Waals surface area contributed by atoms with Gasteiger partial charge in [0.25, 0.3) is 10.2 Å². The first-order valence-electron chi connectivity index (χ1n) is 4.98. The molecule has 0 heterocycles. The summed E-state index contributed by atoms with van der Waals surface area (Å²) in [6, 6.07) is 1.77. The van der Waals surface area contributed by atoms with E-state index in [0.29, 0.717) is 13.0 Å². The van der Waals surface area contributed by atoms with Crippen LogP contribution in [-0.2, 0) is 10.2 Å². The molecule has 0 N–H and O–H groups in total. The third-order valence-corrected chi connectivity index (χ3v) is 4.25. The van der Waals surface area contributed by atoms with Gasteiger partial charge in [-0.15, -0.1) is 0 Å². The summed E-state index contributed by atoms with van der Waals surface area (Å²) in [4.78, 5) is 0. The van der Waals surface area contributed by atoms with E-state index in [1.807, 2.05) is 13.0 Å². The quantitative estimate of drug-likeness (QED) is 0.638. The Kier molecular flexibility index (Phi) is 5.80. The predicted molar refractivity (Wildman–Crippen MR) is 59.3 cm³/mol. The molecule has 0 saturated heterocycles. The van der Waals surface area contributed by atoms with Gasteiger partial charge >= 0.3 is 0 Å². The van der Waals surface area contributed by atoms with Crippen molar-refractivity contribution in [3.8, 4) is 6.07 Å². The molecule has 0 unspecified atom stereocenters. The van der Waals surface area contributed by atoms with Crippen LogP contribution in [0.4, 0.5) is 0 Å². The molecule has 0 amide bonds. The van der Waals surface area contributed by atoms with Gasteiger partial charge in [-0.05, 0) is 20.3 Å². The summed E-state index contributed by atoms with van der Waals surface area (Å²) in [7, 11) is -1.95. The van der Waals surface area contributed by atoms with Gasteiger partial charge in [0.2, 0.25) is 0 Å². The summed E-state index contributed by atoms with van der Waals surface area (Å²) in [6.45, 7) is 5.78. The largest absolute Gasteiger partial charge is 0.282 e. The zero-order valence-electron chi connectivity index (χ0n) is 9.77. The number of rotatable bonds is 6. The van der Waals surface area contributed by atoms with E-state index in [0.717, 1.165) is 0 Å². The number of hydrogen-bond acceptors (Lipinski definition) is 3. The first-order valence-corrected chi connectivity index (χ1v) is 6.37. The Morgan fingerprint density at radius 2 is 1.93 bits per heavy atom. The lowest BCUT2D eigenvalue weighted by molar-refractivity contribution is 0.348. The third-order valence-electron chi connectivity index (χ3n) is 2.14. The number of nitriles is 1. The smallest absolute Gasteiger partial charge is 0.197 e. The van der Waals surface area contributed by atoms with Crippen LogP contribution >= 0.6 is 0 Å². The maximum absolute atomic E-state index is 12.0. The van der Waals surface area contributed by atoms with Gasteiger partial charge in [-0.3, -0.25) is 0 Å². The van der Waals surface area contributed by atoms with E-state index in [9.17, 15) is 8.42 Å². The molecular weight excluding hydrogens is 214 g/mol. The lowest BCUT2D eigenvalue weighted by atomic mass is 10.4. The molecule has 0 aliphatic rings. The van der Waals surface area contributed by atoms with Gasteiger partial charge < -0.3 is 0 Å². The molecule has 0 rings (SSSR count). The van der Waals surface area contributed by atoms with E-state index in [4.69, 9.17) is 5.26 Å². The Morgan fingerprint density at radius 3 is 2.27 bits per heavy atom. The second kappa shape index (κ2) is 6.05. The van der Waals surface area contributed by atoms with Crippen molar-refractivity contribution in [3.05, 3.63) is 0 Å². The van der Waals surface area contributed by atoms with E-state index in [2.05, 4.69) is 0 Å². The van der Waals surface area contributed by atoms with Crippen molar-refractivity contribution in [1.82, 2.24) is 8.61 Å². The van der Waals surface area contributed by atoms with E-state index in [1.165, 1.54) is 15.7 Å². The van der Waals surface area contributed by atoms with Gasteiger partial charge in [0, 0.05) is 19.6 Å². The summed E-state index contributed by atoms with van der Waals surface area (Å²) >= 11 is 0. The van der Waals surface area contributed by atoms with Crippen LogP contribution in [0.2, 0.25) is 0 Å². The van der Waals surface area contributed by atoms with Crippen molar-refractivity contribution in [2.24, 2.45) is 0 Å². The van der Waals surface area contributed by atoms with Crippen LogP contribution in [0.3, 0.4) is 0 Å². The van der Waals surface area contributed by atoms with E-state index < -0.39 is 10.2 Å². The summed E-state index contributed by atoms with van der Waals surface area (Å²) in [5.74, 6) is 0. The highest BCUT2D eigenvalue weighted by atomic mass is 32.2. The fourth-order valence-electron chi connectivity index (χ4n) is 1.05. The Balaban J connectivity index is 4.88. The molecular formula is C9H19N3O2S. The zero-order valence-corrected chi connectivity index (χ0v) is 10.6. The molecule has 88 valence electrons. The number of hydrogen-bond donors (Lipinski definition) is 0. The maximum Gasteiger partial charge on any atom is 0.282 e. The molecule has 0 radical (unpaired) electrons. The van der Waals surface area contributed by atoms with Crippen molar-refractivity contribution in [2.75, 3.05) is 20.1 Å². The van der Waals surface area contributed by atoms with Crippen molar-refractivity contribution >= 4 is 10.2 Å². The Labute approximate surface area is 92.5 Å². The van der Waals surface area contributed by atoms with E-state index in [1.54, 1.807) is 13.8 Å². The maximum atomic E-state index is 12.0. The van der Waals surface area contributed by atoms with Crippen LogP contribution in [-0.4, -0.2) is 43.2 Å². The third kappa shape index (κ3) is 3.78. The normalized spacial score (nSPS) is 12.4. The molecule has 0 saturated carbocycles. The zero-order chi connectivity index (χ0) is 12.1. The van der Waals surface area contributed by atoms with Gasteiger partial charge in [-0.2, -0.15) is 22.3 Å². The minimum Gasteiger partial charge on any atom is -0.197 e. The van der Waals surface area contributed by atoms with Crippen LogP contribution < -0.4 is 0 Å². The van der Waals surface area contributed by atoms with Gasteiger partial charge in [0.15, 0.2) is 0 Å². The van der Waals surface area contributed by atoms with Crippen molar-refractivity contribution < 1.29 is 8.42 Å². The molecule has 0 aromatic carbocycles. The Bertz CT molecular complexity index is 319. The van der Waals surface area contributed by atoms with Gasteiger partial charge in [-0.25, -0.2) is 0 Å². The molecule has 15 heavy (non-hydrogen) atoms. The predicted octanol–water partition coefficient (Wildman–Crippen LogP) is 0.807. The summed E-state index contributed by atoms with van der Waals surface area (Å²) in [5.41, 5.74) is 0. The lowest BCUT2D eigenvalue weighted by Gasteiger charge is -2.27. The molecule has 0 aliphatic heterocycles. The highest BCUT2D eigenvalue weighted by molar-refractivity contribution is 7.86. The lowest BCUT2D eigenvalue weighted by Crippen LogP contribution is -2.45. The fourth-order valence-corrected chi connectivity index (χ4v) is 2.58.